The minimum absolute atomic E-state index is 0.132. The Morgan fingerprint density at radius 2 is 2.16 bits per heavy atom. The lowest BCUT2D eigenvalue weighted by atomic mass is 10.0. The zero-order valence-corrected chi connectivity index (χ0v) is 14.2. The minimum Gasteiger partial charge on any atom is -0.507 e. The van der Waals surface area contributed by atoms with E-state index in [1.807, 2.05) is 30.3 Å². The molecular weight excluding hydrogens is 316 g/mol. The van der Waals surface area contributed by atoms with Gasteiger partial charge in [0.25, 0.3) is 0 Å². The van der Waals surface area contributed by atoms with Gasteiger partial charge in [-0.05, 0) is 41.3 Å². The standard InChI is InChI=1S/C19H20N4O2/c1-12(2)14-4-6-18(24)15(9-14)10-22-23-19(25)8-13-3-5-16-17(7-13)21-11-20-16/h3-7,9-12,24H,8H2,1-2H3,(H,20,21)(H,23,25)/b22-10+. The fraction of sp³-hybridized carbons (Fsp3) is 0.211. The van der Waals surface area contributed by atoms with E-state index in [-0.39, 0.29) is 18.1 Å². The average molecular weight is 336 g/mol. The number of phenolic OH excluding ortho intramolecular Hbond substituents is 1. The van der Waals surface area contributed by atoms with Gasteiger partial charge in [-0.25, -0.2) is 10.4 Å². The number of nitrogens with one attached hydrogen (secondary N) is 2. The molecule has 2 aromatic carbocycles. The molecule has 6 nitrogen and oxygen atoms in total. The summed E-state index contributed by atoms with van der Waals surface area (Å²) in [5.41, 5.74) is 6.79. The molecule has 0 spiro atoms. The van der Waals surface area contributed by atoms with E-state index in [9.17, 15) is 9.90 Å². The van der Waals surface area contributed by atoms with Crippen LogP contribution in [0.1, 0.15) is 36.5 Å². The van der Waals surface area contributed by atoms with Gasteiger partial charge in [-0.15, -0.1) is 0 Å². The summed E-state index contributed by atoms with van der Waals surface area (Å²) in [6.45, 7) is 4.15. The Kier molecular flexibility index (Phi) is 4.79. The SMILES string of the molecule is CC(C)c1ccc(O)c(/C=N/NC(=O)Cc2ccc3nc[nH]c3c2)c1. The predicted molar refractivity (Wildman–Crippen MR) is 97.7 cm³/mol. The van der Waals surface area contributed by atoms with Crippen molar-refractivity contribution < 1.29 is 9.90 Å². The highest BCUT2D eigenvalue weighted by Gasteiger charge is 2.06. The zero-order valence-electron chi connectivity index (χ0n) is 14.2. The number of hydrazone groups is 1. The molecule has 0 saturated carbocycles. The molecule has 1 aromatic heterocycles. The third-order valence-electron chi connectivity index (χ3n) is 3.96. The molecule has 0 aliphatic carbocycles. The summed E-state index contributed by atoms with van der Waals surface area (Å²) in [7, 11) is 0. The van der Waals surface area contributed by atoms with Crippen LogP contribution in [0.25, 0.3) is 11.0 Å². The Balaban J connectivity index is 1.63. The van der Waals surface area contributed by atoms with Crippen molar-refractivity contribution in [2.45, 2.75) is 26.2 Å². The van der Waals surface area contributed by atoms with Gasteiger partial charge in [0.05, 0.1) is 30.0 Å². The maximum Gasteiger partial charge on any atom is 0.244 e. The third-order valence-corrected chi connectivity index (χ3v) is 3.96. The van der Waals surface area contributed by atoms with Crippen LogP contribution in [0.15, 0.2) is 47.8 Å². The first-order valence-electron chi connectivity index (χ1n) is 8.10. The molecule has 0 atom stereocenters. The van der Waals surface area contributed by atoms with Gasteiger partial charge in [0.2, 0.25) is 5.91 Å². The molecule has 3 rings (SSSR count). The fourth-order valence-corrected chi connectivity index (χ4v) is 2.53. The second-order valence-electron chi connectivity index (χ2n) is 6.20. The van der Waals surface area contributed by atoms with Crippen LogP contribution in [0.2, 0.25) is 0 Å². The van der Waals surface area contributed by atoms with E-state index in [0.29, 0.717) is 11.5 Å². The second kappa shape index (κ2) is 7.17. The number of benzene rings is 2. The molecule has 0 bridgehead atoms. The number of nitrogens with zero attached hydrogens (tertiary/aromatic N) is 2. The van der Waals surface area contributed by atoms with Crippen LogP contribution in [0.4, 0.5) is 0 Å². The Bertz CT molecular complexity index is 928. The Morgan fingerprint density at radius 1 is 1.32 bits per heavy atom. The topological polar surface area (TPSA) is 90.4 Å². The van der Waals surface area contributed by atoms with Crippen molar-refractivity contribution in [2.75, 3.05) is 0 Å². The van der Waals surface area contributed by atoms with Crippen LogP contribution < -0.4 is 5.43 Å². The van der Waals surface area contributed by atoms with Crippen LogP contribution in [-0.2, 0) is 11.2 Å². The lowest BCUT2D eigenvalue weighted by Crippen LogP contribution is -2.19. The summed E-state index contributed by atoms with van der Waals surface area (Å²) in [6.07, 6.45) is 3.29. The van der Waals surface area contributed by atoms with Crippen LogP contribution in [-0.4, -0.2) is 27.2 Å². The van der Waals surface area contributed by atoms with Crippen molar-refractivity contribution in [1.82, 2.24) is 15.4 Å². The second-order valence-corrected chi connectivity index (χ2v) is 6.20. The van der Waals surface area contributed by atoms with E-state index in [4.69, 9.17) is 0 Å². The van der Waals surface area contributed by atoms with Crippen molar-refractivity contribution in [2.24, 2.45) is 5.10 Å². The van der Waals surface area contributed by atoms with Crippen molar-refractivity contribution in [3.63, 3.8) is 0 Å². The number of rotatable bonds is 5. The van der Waals surface area contributed by atoms with Crippen LogP contribution >= 0.6 is 0 Å². The van der Waals surface area contributed by atoms with Gasteiger partial charge >= 0.3 is 0 Å². The van der Waals surface area contributed by atoms with Gasteiger partial charge in [-0.3, -0.25) is 4.79 Å². The maximum atomic E-state index is 12.0. The summed E-state index contributed by atoms with van der Waals surface area (Å²) >= 11 is 0. The monoisotopic (exact) mass is 336 g/mol. The number of hydrogen-bond donors (Lipinski definition) is 3. The van der Waals surface area contributed by atoms with Gasteiger partial charge in [-0.1, -0.05) is 26.0 Å². The van der Waals surface area contributed by atoms with Gasteiger partial charge in [-0.2, -0.15) is 5.10 Å². The Morgan fingerprint density at radius 3 is 2.96 bits per heavy atom. The fourth-order valence-electron chi connectivity index (χ4n) is 2.53. The summed E-state index contributed by atoms with van der Waals surface area (Å²) in [5, 5.41) is 13.8. The molecule has 25 heavy (non-hydrogen) atoms. The van der Waals surface area contributed by atoms with E-state index >= 15 is 0 Å². The van der Waals surface area contributed by atoms with E-state index in [1.54, 1.807) is 12.4 Å². The van der Waals surface area contributed by atoms with Crippen molar-refractivity contribution in [3.05, 3.63) is 59.4 Å². The van der Waals surface area contributed by atoms with Gasteiger partial charge in [0.15, 0.2) is 0 Å². The third kappa shape index (κ3) is 4.03. The predicted octanol–water partition coefficient (Wildman–Crippen LogP) is 3.08. The molecule has 0 radical (unpaired) electrons. The number of carbonyl (C=O) groups excluding carboxylic acids is 1. The summed E-state index contributed by atoms with van der Waals surface area (Å²) < 4.78 is 0. The van der Waals surface area contributed by atoms with Crippen molar-refractivity contribution >= 4 is 23.2 Å². The number of hydrogen-bond acceptors (Lipinski definition) is 4. The molecule has 0 aliphatic rings. The summed E-state index contributed by atoms with van der Waals surface area (Å²) in [6, 6.07) is 11.0. The van der Waals surface area contributed by atoms with E-state index < -0.39 is 0 Å². The molecule has 3 aromatic rings. The number of aromatic nitrogens is 2. The number of H-pyrrole nitrogens is 1. The van der Waals surface area contributed by atoms with E-state index in [2.05, 4.69) is 34.3 Å². The van der Waals surface area contributed by atoms with Crippen LogP contribution in [0.3, 0.4) is 0 Å². The highest BCUT2D eigenvalue weighted by Crippen LogP contribution is 2.21. The van der Waals surface area contributed by atoms with Gasteiger partial charge in [0.1, 0.15) is 5.75 Å². The molecule has 1 heterocycles. The quantitative estimate of drug-likeness (QED) is 0.494. The van der Waals surface area contributed by atoms with E-state index in [0.717, 1.165) is 22.2 Å². The first-order chi connectivity index (χ1) is 12.0. The lowest BCUT2D eigenvalue weighted by Gasteiger charge is -2.07. The number of aromatic amines is 1. The highest BCUT2D eigenvalue weighted by atomic mass is 16.3. The normalized spacial score (nSPS) is 11.5. The Hall–Kier alpha value is -3.15. The number of fused-ring (bicyclic) bond motifs is 1. The Labute approximate surface area is 145 Å². The largest absolute Gasteiger partial charge is 0.507 e. The molecule has 0 unspecified atom stereocenters. The van der Waals surface area contributed by atoms with E-state index in [1.165, 1.54) is 6.21 Å². The molecule has 0 fully saturated rings. The number of aromatic hydroxyl groups is 1. The number of carbonyl (C=O) groups is 1. The molecule has 3 N–H and O–H groups in total. The molecule has 128 valence electrons. The number of phenols is 1. The van der Waals surface area contributed by atoms with Crippen LogP contribution in [0, 0.1) is 0 Å². The summed E-state index contributed by atoms with van der Waals surface area (Å²) in [5.74, 6) is 0.251. The van der Waals surface area contributed by atoms with Gasteiger partial charge < -0.3 is 10.1 Å². The molecule has 0 aliphatic heterocycles. The van der Waals surface area contributed by atoms with Gasteiger partial charge in [0, 0.05) is 5.56 Å². The smallest absolute Gasteiger partial charge is 0.244 e. The molecule has 0 saturated heterocycles. The minimum atomic E-state index is -0.227. The first-order valence-corrected chi connectivity index (χ1v) is 8.10. The number of imidazole rings is 1. The van der Waals surface area contributed by atoms with Crippen molar-refractivity contribution in [1.29, 1.82) is 0 Å². The molecule has 6 heteroatoms. The maximum absolute atomic E-state index is 12.0. The molecular formula is C19H20N4O2. The average Bonchev–Trinajstić information content (AvgIpc) is 3.04. The lowest BCUT2D eigenvalue weighted by molar-refractivity contribution is -0.120. The van der Waals surface area contributed by atoms with Crippen LogP contribution in [0.5, 0.6) is 5.75 Å². The molecule has 1 amide bonds. The van der Waals surface area contributed by atoms with Crippen molar-refractivity contribution in [3.8, 4) is 5.75 Å². The summed E-state index contributed by atoms with van der Waals surface area (Å²) in [4.78, 5) is 19.2. The number of amides is 1. The first kappa shape index (κ1) is 16.7. The highest BCUT2D eigenvalue weighted by molar-refractivity contribution is 5.86. The zero-order chi connectivity index (χ0) is 17.8.